The van der Waals surface area contributed by atoms with Crippen molar-refractivity contribution in [1.29, 1.82) is 5.26 Å². The van der Waals surface area contributed by atoms with Gasteiger partial charge in [-0.1, -0.05) is 54.2 Å². The normalized spacial score (nSPS) is 11.1. The van der Waals surface area contributed by atoms with Crippen LogP contribution in [-0.2, 0) is 18.5 Å². The summed E-state index contributed by atoms with van der Waals surface area (Å²) < 4.78 is 44.0. The maximum atomic E-state index is 12.7. The monoisotopic (exact) mass is 493 g/mol. The lowest BCUT2D eigenvalue weighted by molar-refractivity contribution is -0.137. The number of alkyl halides is 3. The first-order valence-corrected chi connectivity index (χ1v) is 11.4. The first-order chi connectivity index (χ1) is 16.8. The molecule has 0 radical (unpaired) electrons. The second-order valence-corrected chi connectivity index (χ2v) is 8.45. The Balaban J connectivity index is 1.50. The van der Waals surface area contributed by atoms with Gasteiger partial charge < -0.3 is 9.72 Å². The highest BCUT2D eigenvalue weighted by molar-refractivity contribution is 7.98. The van der Waals surface area contributed by atoms with Gasteiger partial charge in [0.2, 0.25) is 0 Å². The van der Waals surface area contributed by atoms with Gasteiger partial charge in [0.05, 0.1) is 11.3 Å². The molecule has 0 fully saturated rings. The average Bonchev–Trinajstić information content (AvgIpc) is 2.86. The number of nitrogens with zero attached hydrogens (tertiary/aromatic N) is 2. The Morgan fingerprint density at radius 3 is 2.26 bits per heavy atom. The molecule has 1 heterocycles. The van der Waals surface area contributed by atoms with E-state index in [9.17, 15) is 23.2 Å². The molecule has 176 valence electrons. The fraction of sp³-hybridized carbons (Fsp3) is 0.115. The molecule has 35 heavy (non-hydrogen) atoms. The van der Waals surface area contributed by atoms with Crippen molar-refractivity contribution >= 4 is 11.8 Å². The van der Waals surface area contributed by atoms with Gasteiger partial charge in [-0.15, -0.1) is 0 Å². The summed E-state index contributed by atoms with van der Waals surface area (Å²) in [6.45, 7) is 0.400. The largest absolute Gasteiger partial charge is 0.489 e. The number of rotatable bonds is 7. The van der Waals surface area contributed by atoms with Crippen molar-refractivity contribution in [2.75, 3.05) is 0 Å². The van der Waals surface area contributed by atoms with Crippen molar-refractivity contribution in [2.24, 2.45) is 0 Å². The second kappa shape index (κ2) is 10.5. The Hall–Kier alpha value is -4.03. The number of thioether (sulfide) groups is 1. The molecule has 0 spiro atoms. The van der Waals surface area contributed by atoms with Crippen LogP contribution in [0.1, 0.15) is 22.3 Å². The van der Waals surface area contributed by atoms with E-state index in [-0.39, 0.29) is 16.4 Å². The van der Waals surface area contributed by atoms with Crippen molar-refractivity contribution in [3.05, 3.63) is 111 Å². The first kappa shape index (κ1) is 24.1. The minimum Gasteiger partial charge on any atom is -0.489 e. The van der Waals surface area contributed by atoms with Crippen LogP contribution in [0.25, 0.3) is 11.3 Å². The van der Waals surface area contributed by atoms with Crippen LogP contribution in [0.15, 0.2) is 88.8 Å². The first-order valence-electron chi connectivity index (χ1n) is 10.4. The van der Waals surface area contributed by atoms with Gasteiger partial charge in [-0.2, -0.15) is 18.4 Å². The molecular formula is C26H18F3N3O2S. The van der Waals surface area contributed by atoms with Crippen LogP contribution in [0, 0.1) is 11.3 Å². The van der Waals surface area contributed by atoms with Crippen LogP contribution < -0.4 is 10.3 Å². The summed E-state index contributed by atoms with van der Waals surface area (Å²) in [4.78, 5) is 19.5. The Labute approximate surface area is 203 Å². The molecule has 0 aliphatic heterocycles. The summed E-state index contributed by atoms with van der Waals surface area (Å²) in [5, 5.41) is 9.74. The molecule has 0 atom stereocenters. The maximum absolute atomic E-state index is 12.7. The van der Waals surface area contributed by atoms with E-state index in [1.165, 1.54) is 12.1 Å². The minimum atomic E-state index is -4.40. The molecule has 0 aliphatic rings. The number of nitrogens with one attached hydrogen (secondary N) is 1. The van der Waals surface area contributed by atoms with Gasteiger partial charge in [0.25, 0.3) is 5.56 Å². The van der Waals surface area contributed by atoms with Gasteiger partial charge in [-0.05, 0) is 47.5 Å². The fourth-order valence-corrected chi connectivity index (χ4v) is 4.04. The number of H-pyrrole nitrogens is 1. The summed E-state index contributed by atoms with van der Waals surface area (Å²) >= 11 is 1.16. The number of benzene rings is 3. The highest BCUT2D eigenvalue weighted by Gasteiger charge is 2.29. The lowest BCUT2D eigenvalue weighted by Gasteiger charge is -2.10. The third-order valence-corrected chi connectivity index (χ3v) is 5.99. The Morgan fingerprint density at radius 1 is 0.943 bits per heavy atom. The predicted molar refractivity (Wildman–Crippen MR) is 127 cm³/mol. The standard InChI is InChI=1S/C26H18F3N3O2S/c27-26(28,29)20-10-6-18(7-11-20)16-35-25-31-23(22(14-30)24(33)32-25)19-8-12-21(13-9-19)34-15-17-4-2-1-3-5-17/h1-13H,15-16H2,(H,31,32,33). The van der Waals surface area contributed by atoms with Gasteiger partial charge in [0, 0.05) is 11.3 Å². The van der Waals surface area contributed by atoms with Crippen LogP contribution >= 0.6 is 11.8 Å². The fourth-order valence-electron chi connectivity index (χ4n) is 3.23. The summed E-state index contributed by atoms with van der Waals surface area (Å²) in [7, 11) is 0. The average molecular weight is 494 g/mol. The van der Waals surface area contributed by atoms with E-state index in [4.69, 9.17) is 4.74 Å². The Morgan fingerprint density at radius 2 is 1.63 bits per heavy atom. The van der Waals surface area contributed by atoms with Crippen LogP contribution in [0.3, 0.4) is 0 Å². The molecule has 3 aromatic carbocycles. The third-order valence-electron chi connectivity index (χ3n) is 5.04. The van der Waals surface area contributed by atoms with Crippen molar-refractivity contribution in [1.82, 2.24) is 9.97 Å². The van der Waals surface area contributed by atoms with E-state index in [1.807, 2.05) is 36.4 Å². The number of hydrogen-bond donors (Lipinski definition) is 1. The zero-order valence-corrected chi connectivity index (χ0v) is 19.0. The van der Waals surface area contributed by atoms with Gasteiger partial charge >= 0.3 is 6.18 Å². The van der Waals surface area contributed by atoms with Crippen molar-refractivity contribution in [3.8, 4) is 23.1 Å². The molecule has 9 heteroatoms. The highest BCUT2D eigenvalue weighted by atomic mass is 32.2. The molecular weight excluding hydrogens is 475 g/mol. The summed E-state index contributed by atoms with van der Waals surface area (Å²) in [5.74, 6) is 0.913. The zero-order valence-electron chi connectivity index (χ0n) is 18.2. The molecule has 0 saturated carbocycles. The third kappa shape index (κ3) is 6.11. The van der Waals surface area contributed by atoms with Crippen molar-refractivity contribution < 1.29 is 17.9 Å². The number of aromatic nitrogens is 2. The SMILES string of the molecule is N#Cc1c(-c2ccc(OCc3ccccc3)cc2)nc(SCc2ccc(C(F)(F)F)cc2)[nH]c1=O. The predicted octanol–water partition coefficient (Wildman–Crippen LogP) is 6.20. The van der Waals surface area contributed by atoms with E-state index in [0.717, 1.165) is 29.5 Å². The van der Waals surface area contributed by atoms with Gasteiger partial charge in [-0.25, -0.2) is 4.98 Å². The summed E-state index contributed by atoms with van der Waals surface area (Å²) in [6, 6.07) is 23.3. The second-order valence-electron chi connectivity index (χ2n) is 7.49. The van der Waals surface area contributed by atoms with E-state index >= 15 is 0 Å². The van der Waals surface area contributed by atoms with E-state index < -0.39 is 17.3 Å². The zero-order chi connectivity index (χ0) is 24.8. The lowest BCUT2D eigenvalue weighted by Crippen LogP contribution is -2.14. The quantitative estimate of drug-likeness (QED) is 0.245. The number of nitriles is 1. The Kier molecular flexibility index (Phi) is 7.22. The molecule has 4 aromatic rings. The van der Waals surface area contributed by atoms with Crippen molar-refractivity contribution in [2.45, 2.75) is 23.7 Å². The molecule has 0 saturated heterocycles. The van der Waals surface area contributed by atoms with E-state index in [1.54, 1.807) is 24.3 Å². The molecule has 0 aliphatic carbocycles. The summed E-state index contributed by atoms with van der Waals surface area (Å²) in [6.07, 6.45) is -4.40. The summed E-state index contributed by atoms with van der Waals surface area (Å²) in [5.41, 5.74) is 1.01. The van der Waals surface area contributed by atoms with E-state index in [0.29, 0.717) is 29.2 Å². The van der Waals surface area contributed by atoms with Gasteiger partial charge in [0.15, 0.2) is 5.16 Å². The Bertz CT molecular complexity index is 1400. The molecule has 5 nitrogen and oxygen atoms in total. The highest BCUT2D eigenvalue weighted by Crippen LogP contribution is 2.30. The number of ether oxygens (including phenoxy) is 1. The van der Waals surface area contributed by atoms with Crippen LogP contribution in [-0.4, -0.2) is 9.97 Å². The van der Waals surface area contributed by atoms with Gasteiger partial charge in [0.1, 0.15) is 24.0 Å². The van der Waals surface area contributed by atoms with Crippen LogP contribution in [0.2, 0.25) is 0 Å². The molecule has 0 unspecified atom stereocenters. The van der Waals surface area contributed by atoms with Gasteiger partial charge in [-0.3, -0.25) is 4.79 Å². The van der Waals surface area contributed by atoms with Crippen LogP contribution in [0.4, 0.5) is 13.2 Å². The maximum Gasteiger partial charge on any atom is 0.416 e. The van der Waals surface area contributed by atoms with E-state index in [2.05, 4.69) is 9.97 Å². The number of halogens is 3. The van der Waals surface area contributed by atoms with Crippen LogP contribution in [0.5, 0.6) is 5.75 Å². The molecule has 0 amide bonds. The smallest absolute Gasteiger partial charge is 0.416 e. The number of hydrogen-bond acceptors (Lipinski definition) is 5. The number of aromatic amines is 1. The molecule has 1 N–H and O–H groups in total. The minimum absolute atomic E-state index is 0.123. The lowest BCUT2D eigenvalue weighted by atomic mass is 10.1. The molecule has 1 aromatic heterocycles. The molecule has 0 bridgehead atoms. The topological polar surface area (TPSA) is 78.8 Å². The molecule has 4 rings (SSSR count). The van der Waals surface area contributed by atoms with Crippen molar-refractivity contribution in [3.63, 3.8) is 0 Å².